The van der Waals surface area contributed by atoms with Crippen molar-refractivity contribution < 1.29 is 0 Å². The molecular formula is C18H22N2S. The van der Waals surface area contributed by atoms with Crippen LogP contribution >= 0.6 is 11.3 Å². The molecule has 2 aliphatic rings. The number of benzene rings is 1. The molecule has 1 aromatic carbocycles. The molecule has 0 spiro atoms. The Morgan fingerprint density at radius 1 is 1.05 bits per heavy atom. The van der Waals surface area contributed by atoms with Crippen LogP contribution in [0.3, 0.4) is 0 Å². The summed E-state index contributed by atoms with van der Waals surface area (Å²) in [6, 6.07) is 17.1. The first-order chi connectivity index (χ1) is 10.4. The van der Waals surface area contributed by atoms with E-state index in [2.05, 4.69) is 58.1 Å². The van der Waals surface area contributed by atoms with Crippen LogP contribution in [0, 0.1) is 0 Å². The van der Waals surface area contributed by atoms with Gasteiger partial charge in [-0.1, -0.05) is 36.4 Å². The lowest BCUT2D eigenvalue weighted by molar-refractivity contribution is 0.294. The number of nitrogens with zero attached hydrogens (tertiary/aromatic N) is 1. The molecule has 0 bridgehead atoms. The van der Waals surface area contributed by atoms with Gasteiger partial charge in [-0.2, -0.15) is 0 Å². The SMILES string of the molecule is c1ccc(C(NC2CCN3CCCC23)c2cccs2)cc1. The van der Waals surface area contributed by atoms with Gasteiger partial charge in [-0.3, -0.25) is 4.90 Å². The number of fused-ring (bicyclic) bond motifs is 1. The Balaban J connectivity index is 1.59. The van der Waals surface area contributed by atoms with E-state index in [-0.39, 0.29) is 0 Å². The van der Waals surface area contributed by atoms with E-state index in [1.807, 2.05) is 11.3 Å². The second-order valence-electron chi connectivity index (χ2n) is 6.17. The molecule has 2 fully saturated rings. The summed E-state index contributed by atoms with van der Waals surface area (Å²) in [5, 5.41) is 6.16. The summed E-state index contributed by atoms with van der Waals surface area (Å²) in [6.45, 7) is 2.58. The van der Waals surface area contributed by atoms with Crippen molar-refractivity contribution in [3.63, 3.8) is 0 Å². The minimum atomic E-state index is 0.344. The maximum Gasteiger partial charge on any atom is 0.0673 e. The smallest absolute Gasteiger partial charge is 0.0673 e. The molecule has 110 valence electrons. The van der Waals surface area contributed by atoms with Gasteiger partial charge < -0.3 is 5.32 Å². The topological polar surface area (TPSA) is 15.3 Å². The van der Waals surface area contributed by atoms with Crippen molar-refractivity contribution in [2.75, 3.05) is 13.1 Å². The highest BCUT2D eigenvalue weighted by Gasteiger charge is 2.38. The molecule has 4 rings (SSSR count). The first kappa shape index (κ1) is 13.5. The maximum atomic E-state index is 3.97. The fourth-order valence-electron chi connectivity index (χ4n) is 3.93. The second kappa shape index (κ2) is 5.91. The molecule has 3 heteroatoms. The van der Waals surface area contributed by atoms with Crippen LogP contribution in [0.25, 0.3) is 0 Å². The monoisotopic (exact) mass is 298 g/mol. The van der Waals surface area contributed by atoms with Gasteiger partial charge in [0, 0.05) is 23.5 Å². The quantitative estimate of drug-likeness (QED) is 0.926. The van der Waals surface area contributed by atoms with Gasteiger partial charge in [0.05, 0.1) is 6.04 Å². The van der Waals surface area contributed by atoms with Crippen LogP contribution in [0.4, 0.5) is 0 Å². The van der Waals surface area contributed by atoms with Crippen molar-refractivity contribution in [2.45, 2.75) is 37.4 Å². The zero-order valence-corrected chi connectivity index (χ0v) is 13.1. The van der Waals surface area contributed by atoms with Gasteiger partial charge in [0.25, 0.3) is 0 Å². The highest BCUT2D eigenvalue weighted by atomic mass is 32.1. The third kappa shape index (κ3) is 2.66. The van der Waals surface area contributed by atoms with E-state index in [0.717, 1.165) is 6.04 Å². The molecule has 3 atom stereocenters. The van der Waals surface area contributed by atoms with E-state index in [4.69, 9.17) is 0 Å². The maximum absolute atomic E-state index is 3.97. The summed E-state index contributed by atoms with van der Waals surface area (Å²) < 4.78 is 0. The van der Waals surface area contributed by atoms with E-state index in [0.29, 0.717) is 12.1 Å². The zero-order chi connectivity index (χ0) is 14.1. The fourth-order valence-corrected chi connectivity index (χ4v) is 4.75. The summed E-state index contributed by atoms with van der Waals surface area (Å²) in [5.74, 6) is 0. The lowest BCUT2D eigenvalue weighted by Gasteiger charge is -2.27. The number of rotatable bonds is 4. The molecule has 2 aromatic rings. The predicted octanol–water partition coefficient (Wildman–Crippen LogP) is 3.66. The highest BCUT2D eigenvalue weighted by molar-refractivity contribution is 7.10. The Labute approximate surface area is 130 Å². The van der Waals surface area contributed by atoms with Crippen molar-refractivity contribution in [1.29, 1.82) is 0 Å². The summed E-state index contributed by atoms with van der Waals surface area (Å²) in [6.07, 6.45) is 4.03. The lowest BCUT2D eigenvalue weighted by atomic mass is 10.0. The minimum Gasteiger partial charge on any atom is -0.301 e. The van der Waals surface area contributed by atoms with Crippen LogP contribution in [0.1, 0.15) is 35.7 Å². The molecule has 0 saturated carbocycles. The summed E-state index contributed by atoms with van der Waals surface area (Å²) >= 11 is 1.86. The van der Waals surface area contributed by atoms with Gasteiger partial charge in [0.15, 0.2) is 0 Å². The second-order valence-corrected chi connectivity index (χ2v) is 7.15. The molecule has 2 saturated heterocycles. The van der Waals surface area contributed by atoms with Crippen LogP contribution in [0.5, 0.6) is 0 Å². The predicted molar refractivity (Wildman–Crippen MR) is 88.7 cm³/mol. The highest BCUT2D eigenvalue weighted by Crippen LogP contribution is 2.32. The lowest BCUT2D eigenvalue weighted by Crippen LogP contribution is -2.41. The molecule has 21 heavy (non-hydrogen) atoms. The van der Waals surface area contributed by atoms with Crippen molar-refractivity contribution in [2.24, 2.45) is 0 Å². The minimum absolute atomic E-state index is 0.344. The third-order valence-electron chi connectivity index (χ3n) is 4.95. The Bertz CT molecular complexity index is 566. The van der Waals surface area contributed by atoms with E-state index in [1.165, 1.54) is 42.8 Å². The molecule has 0 radical (unpaired) electrons. The standard InChI is InChI=1S/C18H22N2S/c1-2-6-14(7-3-1)18(17-9-5-13-21-17)19-15-10-12-20-11-4-8-16(15)20/h1-3,5-7,9,13,15-16,18-19H,4,8,10-12H2. The Morgan fingerprint density at radius 3 is 2.76 bits per heavy atom. The van der Waals surface area contributed by atoms with Crippen molar-refractivity contribution in [3.8, 4) is 0 Å². The van der Waals surface area contributed by atoms with Crippen LogP contribution in [-0.2, 0) is 0 Å². The summed E-state index contributed by atoms with van der Waals surface area (Å²) in [4.78, 5) is 4.10. The van der Waals surface area contributed by atoms with Crippen molar-refractivity contribution in [1.82, 2.24) is 10.2 Å². The average Bonchev–Trinajstić information content (AvgIpc) is 3.24. The normalized spacial score (nSPS) is 26.9. The largest absolute Gasteiger partial charge is 0.301 e. The number of hydrogen-bond acceptors (Lipinski definition) is 3. The molecule has 1 aromatic heterocycles. The van der Waals surface area contributed by atoms with Crippen LogP contribution in [0.2, 0.25) is 0 Å². The van der Waals surface area contributed by atoms with Crippen LogP contribution in [0.15, 0.2) is 47.8 Å². The summed E-state index contributed by atoms with van der Waals surface area (Å²) in [7, 11) is 0. The van der Waals surface area contributed by atoms with E-state index in [1.54, 1.807) is 0 Å². The van der Waals surface area contributed by atoms with Crippen molar-refractivity contribution >= 4 is 11.3 Å². The van der Waals surface area contributed by atoms with Crippen LogP contribution in [-0.4, -0.2) is 30.1 Å². The molecule has 2 nitrogen and oxygen atoms in total. The van der Waals surface area contributed by atoms with E-state index in [9.17, 15) is 0 Å². The van der Waals surface area contributed by atoms with Crippen molar-refractivity contribution in [3.05, 3.63) is 58.3 Å². The van der Waals surface area contributed by atoms with Gasteiger partial charge in [0.2, 0.25) is 0 Å². The molecule has 2 aliphatic heterocycles. The Hall–Kier alpha value is -1.16. The number of thiophene rings is 1. The Kier molecular flexibility index (Phi) is 3.80. The summed E-state index contributed by atoms with van der Waals surface area (Å²) in [5.41, 5.74) is 1.39. The van der Waals surface area contributed by atoms with E-state index < -0.39 is 0 Å². The molecule has 0 aliphatic carbocycles. The molecule has 3 heterocycles. The van der Waals surface area contributed by atoms with Gasteiger partial charge in [-0.15, -0.1) is 11.3 Å². The Morgan fingerprint density at radius 2 is 1.95 bits per heavy atom. The first-order valence-corrected chi connectivity index (χ1v) is 8.88. The van der Waals surface area contributed by atoms with Gasteiger partial charge in [-0.05, 0) is 42.8 Å². The molecule has 3 unspecified atom stereocenters. The fraction of sp³-hybridized carbons (Fsp3) is 0.444. The third-order valence-corrected chi connectivity index (χ3v) is 5.88. The average molecular weight is 298 g/mol. The van der Waals surface area contributed by atoms with Gasteiger partial charge in [0.1, 0.15) is 0 Å². The number of hydrogen-bond donors (Lipinski definition) is 1. The van der Waals surface area contributed by atoms with Crippen LogP contribution < -0.4 is 5.32 Å². The van der Waals surface area contributed by atoms with E-state index >= 15 is 0 Å². The molecule has 0 amide bonds. The molecule has 1 N–H and O–H groups in total. The van der Waals surface area contributed by atoms with Gasteiger partial charge in [-0.25, -0.2) is 0 Å². The zero-order valence-electron chi connectivity index (χ0n) is 12.2. The number of nitrogens with one attached hydrogen (secondary N) is 1. The first-order valence-electron chi connectivity index (χ1n) is 8.00. The van der Waals surface area contributed by atoms with Gasteiger partial charge >= 0.3 is 0 Å². The molecular weight excluding hydrogens is 276 g/mol.